The maximum absolute atomic E-state index is 12.4. The number of aryl methyl sites for hydroxylation is 1. The maximum Gasteiger partial charge on any atom is 0.414 e. The van der Waals surface area contributed by atoms with Crippen LogP contribution in [0, 0.1) is 0 Å². The van der Waals surface area contributed by atoms with Crippen LogP contribution in [0.2, 0.25) is 0 Å². The summed E-state index contributed by atoms with van der Waals surface area (Å²) in [5.74, 6) is -0.392. The molecule has 0 amide bonds. The van der Waals surface area contributed by atoms with E-state index in [2.05, 4.69) is 36.2 Å². The highest BCUT2D eigenvalue weighted by Crippen LogP contribution is 2.25. The van der Waals surface area contributed by atoms with Crippen LogP contribution in [0.4, 0.5) is 13.2 Å². The molecule has 1 heterocycles. The number of nitrogens with zero attached hydrogens (tertiary/aromatic N) is 1. The summed E-state index contributed by atoms with van der Waals surface area (Å²) in [5, 5.41) is 0. The van der Waals surface area contributed by atoms with Gasteiger partial charge in [0.15, 0.2) is 6.10 Å². The predicted octanol–water partition coefficient (Wildman–Crippen LogP) is 9.61. The van der Waals surface area contributed by atoms with Crippen LogP contribution in [-0.4, -0.2) is 36.4 Å². The van der Waals surface area contributed by atoms with Gasteiger partial charge < -0.3 is 9.47 Å². The molecule has 1 atom stereocenters. The Morgan fingerprint density at radius 2 is 1.37 bits per heavy atom. The molecular formula is C34H42F3NO3. The summed E-state index contributed by atoms with van der Waals surface area (Å²) in [4.78, 5) is 17.0. The van der Waals surface area contributed by atoms with Gasteiger partial charge in [-0.3, -0.25) is 4.98 Å². The molecule has 0 radical (unpaired) electrons. The number of benzene rings is 2. The van der Waals surface area contributed by atoms with E-state index in [9.17, 15) is 18.0 Å². The van der Waals surface area contributed by atoms with Gasteiger partial charge in [-0.25, -0.2) is 4.79 Å². The Kier molecular flexibility index (Phi) is 13.3. The van der Waals surface area contributed by atoms with Crippen molar-refractivity contribution in [3.8, 4) is 22.4 Å². The fourth-order valence-corrected chi connectivity index (χ4v) is 4.47. The van der Waals surface area contributed by atoms with Crippen LogP contribution in [0.3, 0.4) is 0 Å². The third-order valence-corrected chi connectivity index (χ3v) is 7.14. The van der Waals surface area contributed by atoms with Crippen LogP contribution in [0.25, 0.3) is 22.4 Å². The number of aromatic nitrogens is 1. The van der Waals surface area contributed by atoms with E-state index in [1.807, 2.05) is 30.5 Å². The van der Waals surface area contributed by atoms with Crippen LogP contribution in [0.15, 0.2) is 66.9 Å². The van der Waals surface area contributed by atoms with Crippen molar-refractivity contribution < 1.29 is 27.4 Å². The van der Waals surface area contributed by atoms with Crippen molar-refractivity contribution in [1.29, 1.82) is 0 Å². The lowest BCUT2D eigenvalue weighted by Crippen LogP contribution is -2.28. The molecule has 222 valence electrons. The predicted molar refractivity (Wildman–Crippen MR) is 158 cm³/mol. The van der Waals surface area contributed by atoms with Crippen molar-refractivity contribution in [2.45, 2.75) is 90.3 Å². The molecule has 0 aliphatic carbocycles. The van der Waals surface area contributed by atoms with Gasteiger partial charge in [0.05, 0.1) is 17.9 Å². The molecule has 3 rings (SSSR count). The number of hydrogen-bond acceptors (Lipinski definition) is 4. The summed E-state index contributed by atoms with van der Waals surface area (Å²) in [6.07, 6.45) is 5.98. The molecule has 3 aromatic rings. The first-order valence-electron chi connectivity index (χ1n) is 14.8. The van der Waals surface area contributed by atoms with Gasteiger partial charge in [0, 0.05) is 23.9 Å². The number of rotatable bonds is 17. The fraction of sp³-hybridized carbons (Fsp3) is 0.471. The van der Waals surface area contributed by atoms with Crippen molar-refractivity contribution in [2.24, 2.45) is 0 Å². The minimum atomic E-state index is -4.33. The SMILES string of the molecule is CCCCCCCc1ccc(-c2ccc(-c3ccc(C(=O)OCCCCCCOC(C)C(F)(F)F)cc3)cn2)cc1. The van der Waals surface area contributed by atoms with Crippen LogP contribution < -0.4 is 0 Å². The first-order chi connectivity index (χ1) is 19.8. The Morgan fingerprint density at radius 3 is 2.00 bits per heavy atom. The van der Waals surface area contributed by atoms with E-state index in [0.717, 1.165) is 42.1 Å². The van der Waals surface area contributed by atoms with Gasteiger partial charge in [0.2, 0.25) is 0 Å². The molecule has 0 spiro atoms. The standard InChI is InChI=1S/C34H42F3NO3/c1-3-4-5-6-9-12-27-13-15-29(16-14-27)32-22-21-31(25-38-32)28-17-19-30(20-18-28)33(39)41-24-11-8-7-10-23-40-26(2)34(35,36)37/h13-22,25-26H,3-12,23-24H2,1-2H3. The minimum Gasteiger partial charge on any atom is -0.462 e. The van der Waals surface area contributed by atoms with Crippen molar-refractivity contribution in [1.82, 2.24) is 4.98 Å². The Bertz CT molecular complexity index is 1160. The Labute approximate surface area is 242 Å². The third kappa shape index (κ3) is 11.3. The van der Waals surface area contributed by atoms with E-state index in [0.29, 0.717) is 24.8 Å². The molecule has 0 bridgehead atoms. The molecule has 1 unspecified atom stereocenters. The molecule has 41 heavy (non-hydrogen) atoms. The number of unbranched alkanes of at least 4 members (excludes halogenated alkanes) is 7. The molecule has 4 nitrogen and oxygen atoms in total. The van der Waals surface area contributed by atoms with E-state index in [1.54, 1.807) is 12.1 Å². The summed E-state index contributed by atoms with van der Waals surface area (Å²) in [5.41, 5.74) is 5.77. The van der Waals surface area contributed by atoms with Gasteiger partial charge in [-0.05, 0) is 68.4 Å². The highest BCUT2D eigenvalue weighted by Gasteiger charge is 2.36. The number of esters is 1. The lowest BCUT2D eigenvalue weighted by Gasteiger charge is -2.16. The minimum absolute atomic E-state index is 0.0669. The molecule has 0 aliphatic heterocycles. The second-order valence-corrected chi connectivity index (χ2v) is 10.5. The largest absolute Gasteiger partial charge is 0.462 e. The molecule has 7 heteroatoms. The fourth-order valence-electron chi connectivity index (χ4n) is 4.47. The Balaban J connectivity index is 1.38. The summed E-state index contributed by atoms with van der Waals surface area (Å²) < 4.78 is 47.3. The smallest absolute Gasteiger partial charge is 0.414 e. The number of alkyl halides is 3. The molecule has 0 N–H and O–H groups in total. The summed E-state index contributed by atoms with van der Waals surface area (Å²) >= 11 is 0. The lowest BCUT2D eigenvalue weighted by molar-refractivity contribution is -0.214. The first kappa shape index (κ1) is 32.3. The van der Waals surface area contributed by atoms with Gasteiger partial charge in [-0.15, -0.1) is 0 Å². The van der Waals surface area contributed by atoms with Gasteiger partial charge >= 0.3 is 12.1 Å². The van der Waals surface area contributed by atoms with Crippen molar-refractivity contribution in [2.75, 3.05) is 13.2 Å². The average Bonchev–Trinajstić information content (AvgIpc) is 2.98. The van der Waals surface area contributed by atoms with Crippen LogP contribution in [0.1, 0.15) is 87.6 Å². The van der Waals surface area contributed by atoms with Crippen LogP contribution >= 0.6 is 0 Å². The number of pyridine rings is 1. The number of ether oxygens (including phenoxy) is 2. The van der Waals surface area contributed by atoms with E-state index < -0.39 is 18.2 Å². The molecular weight excluding hydrogens is 527 g/mol. The topological polar surface area (TPSA) is 48.4 Å². The van der Waals surface area contributed by atoms with E-state index in [1.165, 1.54) is 37.7 Å². The summed E-state index contributed by atoms with van der Waals surface area (Å²) in [6, 6.07) is 20.0. The summed E-state index contributed by atoms with van der Waals surface area (Å²) in [7, 11) is 0. The van der Waals surface area contributed by atoms with Crippen molar-refractivity contribution in [3.05, 3.63) is 78.0 Å². The number of carbonyl (C=O) groups is 1. The Hall–Kier alpha value is -3.19. The second-order valence-electron chi connectivity index (χ2n) is 10.5. The number of hydrogen-bond donors (Lipinski definition) is 0. The Morgan fingerprint density at radius 1 is 0.756 bits per heavy atom. The maximum atomic E-state index is 12.4. The quantitative estimate of drug-likeness (QED) is 0.120. The van der Waals surface area contributed by atoms with Crippen LogP contribution in [-0.2, 0) is 15.9 Å². The number of halogens is 3. The van der Waals surface area contributed by atoms with Crippen LogP contribution in [0.5, 0.6) is 0 Å². The zero-order valence-corrected chi connectivity index (χ0v) is 24.2. The zero-order valence-electron chi connectivity index (χ0n) is 24.2. The van der Waals surface area contributed by atoms with Gasteiger partial charge in [0.25, 0.3) is 0 Å². The monoisotopic (exact) mass is 569 g/mol. The average molecular weight is 570 g/mol. The lowest BCUT2D eigenvalue weighted by atomic mass is 10.0. The normalized spacial score (nSPS) is 12.3. The zero-order chi connectivity index (χ0) is 29.5. The second kappa shape index (κ2) is 16.9. The van der Waals surface area contributed by atoms with Gasteiger partial charge in [-0.1, -0.05) is 81.5 Å². The van der Waals surface area contributed by atoms with E-state index in [4.69, 9.17) is 9.47 Å². The van der Waals surface area contributed by atoms with E-state index in [-0.39, 0.29) is 13.2 Å². The number of carbonyl (C=O) groups excluding carboxylic acids is 1. The highest BCUT2D eigenvalue weighted by atomic mass is 19.4. The van der Waals surface area contributed by atoms with E-state index >= 15 is 0 Å². The van der Waals surface area contributed by atoms with Gasteiger partial charge in [0.1, 0.15) is 0 Å². The molecule has 0 fully saturated rings. The molecule has 1 aromatic heterocycles. The highest BCUT2D eigenvalue weighted by molar-refractivity contribution is 5.90. The third-order valence-electron chi connectivity index (χ3n) is 7.14. The van der Waals surface area contributed by atoms with Crippen molar-refractivity contribution >= 4 is 5.97 Å². The first-order valence-corrected chi connectivity index (χ1v) is 14.8. The van der Waals surface area contributed by atoms with Crippen molar-refractivity contribution in [3.63, 3.8) is 0 Å². The summed E-state index contributed by atoms with van der Waals surface area (Å²) in [6.45, 7) is 3.58. The van der Waals surface area contributed by atoms with Gasteiger partial charge in [-0.2, -0.15) is 13.2 Å². The molecule has 0 aliphatic rings. The molecule has 0 saturated heterocycles. The molecule has 2 aromatic carbocycles. The molecule has 0 saturated carbocycles.